The summed E-state index contributed by atoms with van der Waals surface area (Å²) >= 11 is 1.91. The number of aromatic hydroxyl groups is 1. The van der Waals surface area contributed by atoms with Crippen LogP contribution in [0, 0.1) is 0 Å². The van der Waals surface area contributed by atoms with Crippen molar-refractivity contribution in [3.8, 4) is 11.5 Å². The molecule has 0 aromatic heterocycles. The van der Waals surface area contributed by atoms with E-state index in [9.17, 15) is 22.8 Å². The first-order valence-corrected chi connectivity index (χ1v) is 10.6. The third kappa shape index (κ3) is 9.38. The molecule has 0 saturated carbocycles. The van der Waals surface area contributed by atoms with Crippen LogP contribution >= 0.6 is 15.9 Å². The molecule has 0 unspecified atom stereocenters. The molecule has 1 aromatic carbocycles. The van der Waals surface area contributed by atoms with Gasteiger partial charge in [-0.1, -0.05) is 22.0 Å². The lowest BCUT2D eigenvalue weighted by atomic mass is 10.1. The van der Waals surface area contributed by atoms with Gasteiger partial charge in [-0.05, 0) is 51.3 Å². The van der Waals surface area contributed by atoms with Crippen LogP contribution in [0.3, 0.4) is 0 Å². The number of alkyl halides is 4. The fraction of sp³-hybridized carbons (Fsp3) is 0.647. The van der Waals surface area contributed by atoms with Crippen LogP contribution in [0.5, 0.6) is 11.5 Å². The lowest BCUT2D eigenvalue weighted by Crippen LogP contribution is -2.48. The second kappa shape index (κ2) is 10.8. The average Bonchev–Trinajstić information content (AvgIpc) is 2.54. The summed E-state index contributed by atoms with van der Waals surface area (Å²) in [5, 5.41) is 10.2. The van der Waals surface area contributed by atoms with Crippen molar-refractivity contribution < 1.29 is 32.3 Å². The molecule has 2 atom stereocenters. The van der Waals surface area contributed by atoms with Crippen LogP contribution < -0.4 is 9.46 Å². The molecule has 5 nitrogen and oxygen atoms in total. The van der Waals surface area contributed by atoms with Gasteiger partial charge in [0.05, 0.1) is 19.3 Å². The summed E-state index contributed by atoms with van der Waals surface area (Å²) in [6.07, 6.45) is -3.90. The number of hydrogen-bond acceptors (Lipinski definition) is 5. The standard InChI is InChI=1S/C17H25BrF3NO4S/c1-12(22-27(24)16(2,3)11-25-9-8-18)4-5-13-6-7-14(23)15(10-13)26-17(19,20)21/h6-7,10,12,22-23H,4-5,8-9,11H2,1-3H3/t12-,27-/m1/s1. The van der Waals surface area contributed by atoms with Crippen molar-refractivity contribution in [3.05, 3.63) is 23.8 Å². The van der Waals surface area contributed by atoms with Gasteiger partial charge in [0.25, 0.3) is 0 Å². The number of rotatable bonds is 11. The van der Waals surface area contributed by atoms with Crippen molar-refractivity contribution in [1.82, 2.24) is 4.72 Å². The van der Waals surface area contributed by atoms with E-state index >= 15 is 0 Å². The number of nitrogens with one attached hydrogen (secondary N) is 1. The summed E-state index contributed by atoms with van der Waals surface area (Å²) in [7, 11) is 0. The van der Waals surface area contributed by atoms with Crippen LogP contribution in [0.15, 0.2) is 18.2 Å². The highest BCUT2D eigenvalue weighted by molar-refractivity contribution is 9.09. The molecule has 0 fully saturated rings. The lowest BCUT2D eigenvalue weighted by molar-refractivity contribution is -0.275. The summed E-state index contributed by atoms with van der Waals surface area (Å²) in [6.45, 7) is 6.37. The molecule has 0 amide bonds. The minimum atomic E-state index is -4.87. The highest BCUT2D eigenvalue weighted by Gasteiger charge is 2.34. The molecule has 156 valence electrons. The maximum absolute atomic E-state index is 12.5. The second-order valence-corrected chi connectivity index (χ2v) is 9.35. The SMILES string of the molecule is C[C@H](CCc1ccc(O)c(OC(F)(F)F)c1)N[S@+]([O-])C(C)(C)COCCBr. The molecule has 0 aliphatic carbocycles. The number of halogens is 4. The van der Waals surface area contributed by atoms with Gasteiger partial charge < -0.3 is 19.1 Å². The Morgan fingerprint density at radius 3 is 2.59 bits per heavy atom. The van der Waals surface area contributed by atoms with Crippen molar-refractivity contribution >= 4 is 27.3 Å². The van der Waals surface area contributed by atoms with Crippen LogP contribution in [-0.2, 0) is 22.5 Å². The average molecular weight is 476 g/mol. The Bertz CT molecular complexity index is 590. The fourth-order valence-corrected chi connectivity index (χ4v) is 3.35. The maximum atomic E-state index is 12.5. The maximum Gasteiger partial charge on any atom is 0.573 e. The van der Waals surface area contributed by atoms with E-state index in [1.165, 1.54) is 6.07 Å². The lowest BCUT2D eigenvalue weighted by Gasteiger charge is -2.29. The number of phenolic OH excluding ortho intramolecular Hbond substituents is 1. The van der Waals surface area contributed by atoms with Gasteiger partial charge in [0.2, 0.25) is 0 Å². The van der Waals surface area contributed by atoms with Crippen LogP contribution in [-0.4, -0.2) is 45.4 Å². The summed E-state index contributed by atoms with van der Waals surface area (Å²) in [4.78, 5) is 0. The van der Waals surface area contributed by atoms with Gasteiger partial charge >= 0.3 is 6.36 Å². The van der Waals surface area contributed by atoms with Gasteiger partial charge in [-0.15, -0.1) is 17.9 Å². The molecule has 0 bridgehead atoms. The largest absolute Gasteiger partial charge is 0.598 e. The van der Waals surface area contributed by atoms with Gasteiger partial charge in [-0.2, -0.15) is 0 Å². The minimum Gasteiger partial charge on any atom is -0.598 e. The smallest absolute Gasteiger partial charge is 0.573 e. The zero-order chi connectivity index (χ0) is 20.7. The van der Waals surface area contributed by atoms with Crippen molar-refractivity contribution in [1.29, 1.82) is 0 Å². The van der Waals surface area contributed by atoms with E-state index in [-0.39, 0.29) is 6.04 Å². The van der Waals surface area contributed by atoms with Gasteiger partial charge in [-0.25, -0.2) is 0 Å². The third-order valence-electron chi connectivity index (χ3n) is 3.60. The summed E-state index contributed by atoms with van der Waals surface area (Å²) in [6, 6.07) is 3.71. The number of benzene rings is 1. The van der Waals surface area contributed by atoms with E-state index in [0.29, 0.717) is 36.9 Å². The zero-order valence-electron chi connectivity index (χ0n) is 15.4. The third-order valence-corrected chi connectivity index (χ3v) is 5.66. The van der Waals surface area contributed by atoms with E-state index in [1.807, 2.05) is 20.8 Å². The Morgan fingerprint density at radius 1 is 1.33 bits per heavy atom. The fourth-order valence-electron chi connectivity index (χ4n) is 2.13. The number of hydrogen-bond donors (Lipinski definition) is 2. The van der Waals surface area contributed by atoms with Gasteiger partial charge in [-0.3, -0.25) is 0 Å². The van der Waals surface area contributed by atoms with Crippen LogP contribution in [0.25, 0.3) is 0 Å². The molecule has 27 heavy (non-hydrogen) atoms. The second-order valence-electron chi connectivity index (χ2n) is 6.68. The molecule has 0 spiro atoms. The molecule has 1 aromatic rings. The first-order chi connectivity index (χ1) is 12.4. The predicted octanol–water partition coefficient (Wildman–Crippen LogP) is 4.06. The molecular formula is C17H25BrF3NO4S. The quantitative estimate of drug-likeness (QED) is 0.287. The van der Waals surface area contributed by atoms with E-state index in [0.717, 1.165) is 12.1 Å². The Kier molecular flexibility index (Phi) is 9.70. The highest BCUT2D eigenvalue weighted by Crippen LogP contribution is 2.32. The summed E-state index contributed by atoms with van der Waals surface area (Å²) in [5.41, 5.74) is 0.575. The number of aryl methyl sites for hydroxylation is 1. The van der Waals surface area contributed by atoms with Crippen LogP contribution in [0.1, 0.15) is 32.8 Å². The van der Waals surface area contributed by atoms with E-state index in [1.54, 1.807) is 0 Å². The number of phenols is 1. The molecule has 10 heteroatoms. The summed E-state index contributed by atoms with van der Waals surface area (Å²) in [5.74, 6) is -1.21. The first kappa shape index (κ1) is 24.4. The topological polar surface area (TPSA) is 73.8 Å². The Morgan fingerprint density at radius 2 is 2.00 bits per heavy atom. The Balaban J connectivity index is 2.56. The Labute approximate surface area is 169 Å². The highest BCUT2D eigenvalue weighted by atomic mass is 79.9. The van der Waals surface area contributed by atoms with Crippen LogP contribution in [0.4, 0.5) is 13.2 Å². The molecule has 0 heterocycles. The molecule has 1 rings (SSSR count). The van der Waals surface area contributed by atoms with Gasteiger partial charge in [0.1, 0.15) is 0 Å². The van der Waals surface area contributed by atoms with Crippen molar-refractivity contribution in [2.75, 3.05) is 18.5 Å². The van der Waals surface area contributed by atoms with E-state index in [4.69, 9.17) is 4.74 Å². The molecule has 0 radical (unpaired) electrons. The van der Waals surface area contributed by atoms with Crippen molar-refractivity contribution in [3.63, 3.8) is 0 Å². The van der Waals surface area contributed by atoms with Crippen LogP contribution in [0.2, 0.25) is 0 Å². The Hall–Kier alpha value is -0.680. The predicted molar refractivity (Wildman–Crippen MR) is 103 cm³/mol. The molecule has 0 aliphatic heterocycles. The van der Waals surface area contributed by atoms with E-state index in [2.05, 4.69) is 25.4 Å². The monoisotopic (exact) mass is 475 g/mol. The van der Waals surface area contributed by atoms with Crippen molar-refractivity contribution in [2.45, 2.75) is 50.8 Å². The van der Waals surface area contributed by atoms with Gasteiger partial charge in [0.15, 0.2) is 16.2 Å². The summed E-state index contributed by atoms with van der Waals surface area (Å²) < 4.78 is 61.2. The number of ether oxygens (including phenoxy) is 2. The molecule has 2 N–H and O–H groups in total. The first-order valence-electron chi connectivity index (χ1n) is 8.34. The normalized spacial score (nSPS) is 14.8. The van der Waals surface area contributed by atoms with E-state index < -0.39 is 34.0 Å². The zero-order valence-corrected chi connectivity index (χ0v) is 17.8. The van der Waals surface area contributed by atoms with Gasteiger partial charge in [0, 0.05) is 16.7 Å². The molecule has 0 saturated heterocycles. The molecule has 0 aliphatic rings. The molecular weight excluding hydrogens is 451 g/mol. The van der Waals surface area contributed by atoms with Crippen molar-refractivity contribution in [2.24, 2.45) is 0 Å². The minimum absolute atomic E-state index is 0.137.